The van der Waals surface area contributed by atoms with Crippen LogP contribution in [0.4, 0.5) is 5.69 Å². The third-order valence-corrected chi connectivity index (χ3v) is 6.29. The van der Waals surface area contributed by atoms with Crippen LogP contribution in [0.15, 0.2) is 97.6 Å². The zero-order chi connectivity index (χ0) is 26.2. The molecule has 6 aromatic heterocycles. The molecule has 0 unspecified atom stereocenters. The lowest BCUT2D eigenvalue weighted by Gasteiger charge is -2.07. The molecule has 0 fully saturated rings. The van der Waals surface area contributed by atoms with Crippen molar-refractivity contribution in [3.63, 3.8) is 0 Å². The van der Waals surface area contributed by atoms with Crippen LogP contribution in [0.5, 0.6) is 0 Å². The van der Waals surface area contributed by atoms with E-state index in [1.807, 2.05) is 60.7 Å². The summed E-state index contributed by atoms with van der Waals surface area (Å²) in [5.41, 5.74) is 7.54. The Kier molecular flexibility index (Phi) is 5.33. The van der Waals surface area contributed by atoms with Gasteiger partial charge in [0.15, 0.2) is 17.2 Å². The average molecular weight is 510 g/mol. The highest BCUT2D eigenvalue weighted by molar-refractivity contribution is 6.04. The normalized spacial score (nSPS) is 11.2. The van der Waals surface area contributed by atoms with E-state index in [9.17, 15) is 4.79 Å². The standard InChI is InChI=1S/C29H19N9O/c39-29(17-6-2-1-3-7-17)33-19-14-18(15-30-16-19)21-9-10-23-25(34-21)26(38-37-23)28-35-24-20(11-13-32-27(24)36-28)22-8-4-5-12-31-22/h1-16H,(H,33,39)(H,37,38)(H,32,35,36). The van der Waals surface area contributed by atoms with Crippen molar-refractivity contribution in [3.8, 4) is 34.0 Å². The number of anilines is 1. The molecule has 0 atom stereocenters. The first-order valence-corrected chi connectivity index (χ1v) is 12.2. The van der Waals surface area contributed by atoms with Crippen LogP contribution >= 0.6 is 0 Å². The van der Waals surface area contributed by atoms with E-state index in [0.717, 1.165) is 22.3 Å². The van der Waals surface area contributed by atoms with Crippen LogP contribution in [0.2, 0.25) is 0 Å². The number of benzene rings is 1. The van der Waals surface area contributed by atoms with Gasteiger partial charge in [0.1, 0.15) is 11.0 Å². The second-order valence-corrected chi connectivity index (χ2v) is 8.80. The van der Waals surface area contributed by atoms with Gasteiger partial charge in [0.25, 0.3) is 5.91 Å². The second kappa shape index (κ2) is 9.27. The van der Waals surface area contributed by atoms with E-state index in [1.165, 1.54) is 0 Å². The van der Waals surface area contributed by atoms with Gasteiger partial charge < -0.3 is 10.3 Å². The Balaban J connectivity index is 1.25. The summed E-state index contributed by atoms with van der Waals surface area (Å²) in [4.78, 5) is 38.8. The van der Waals surface area contributed by atoms with Gasteiger partial charge in [-0.3, -0.25) is 19.9 Å². The van der Waals surface area contributed by atoms with E-state index in [0.29, 0.717) is 45.1 Å². The van der Waals surface area contributed by atoms with Crippen molar-refractivity contribution < 1.29 is 4.79 Å². The number of carbonyl (C=O) groups excluding carboxylic acids is 1. The van der Waals surface area contributed by atoms with Crippen molar-refractivity contribution in [1.29, 1.82) is 0 Å². The Morgan fingerprint density at radius 3 is 2.56 bits per heavy atom. The average Bonchev–Trinajstić information content (AvgIpc) is 3.62. The summed E-state index contributed by atoms with van der Waals surface area (Å²) in [6.07, 6.45) is 6.78. The number of aromatic amines is 2. The lowest BCUT2D eigenvalue weighted by molar-refractivity contribution is 0.102. The predicted molar refractivity (Wildman–Crippen MR) is 148 cm³/mol. The maximum Gasteiger partial charge on any atom is 0.255 e. The number of nitrogens with zero attached hydrogens (tertiary/aromatic N) is 6. The van der Waals surface area contributed by atoms with Gasteiger partial charge in [-0.25, -0.2) is 15.0 Å². The minimum Gasteiger partial charge on any atom is -0.321 e. The monoisotopic (exact) mass is 509 g/mol. The molecule has 0 radical (unpaired) electrons. The number of hydrogen-bond donors (Lipinski definition) is 3. The maximum absolute atomic E-state index is 12.6. The molecule has 10 heteroatoms. The van der Waals surface area contributed by atoms with Crippen LogP contribution in [-0.4, -0.2) is 46.0 Å². The number of nitrogens with one attached hydrogen (secondary N) is 3. The number of hydrogen-bond acceptors (Lipinski definition) is 7. The van der Waals surface area contributed by atoms with E-state index in [-0.39, 0.29) is 5.91 Å². The molecule has 7 aromatic rings. The van der Waals surface area contributed by atoms with Gasteiger partial charge in [0.2, 0.25) is 0 Å². The van der Waals surface area contributed by atoms with E-state index in [4.69, 9.17) is 9.97 Å². The van der Waals surface area contributed by atoms with Gasteiger partial charge >= 0.3 is 0 Å². The summed E-state index contributed by atoms with van der Waals surface area (Å²) in [7, 11) is 0. The summed E-state index contributed by atoms with van der Waals surface area (Å²) in [5.74, 6) is 0.331. The third-order valence-electron chi connectivity index (χ3n) is 6.29. The van der Waals surface area contributed by atoms with Crippen LogP contribution in [-0.2, 0) is 0 Å². The smallest absolute Gasteiger partial charge is 0.255 e. The van der Waals surface area contributed by atoms with Crippen molar-refractivity contribution in [2.45, 2.75) is 0 Å². The fourth-order valence-corrected chi connectivity index (χ4v) is 4.42. The molecule has 0 saturated heterocycles. The van der Waals surface area contributed by atoms with E-state index in [2.05, 4.69) is 35.5 Å². The molecule has 0 aliphatic carbocycles. The van der Waals surface area contributed by atoms with Crippen LogP contribution in [0.3, 0.4) is 0 Å². The van der Waals surface area contributed by atoms with Gasteiger partial charge in [0.05, 0.1) is 28.8 Å². The highest BCUT2D eigenvalue weighted by Gasteiger charge is 2.18. The lowest BCUT2D eigenvalue weighted by atomic mass is 10.1. The molecule has 0 spiro atoms. The number of pyridine rings is 4. The van der Waals surface area contributed by atoms with E-state index >= 15 is 0 Å². The number of fused-ring (bicyclic) bond motifs is 2. The molecule has 0 saturated carbocycles. The molecule has 0 aliphatic rings. The molecule has 6 heterocycles. The molecule has 1 aromatic carbocycles. The maximum atomic E-state index is 12.6. The highest BCUT2D eigenvalue weighted by atomic mass is 16.1. The number of carbonyl (C=O) groups is 1. The largest absolute Gasteiger partial charge is 0.321 e. The first-order valence-electron chi connectivity index (χ1n) is 12.2. The molecule has 3 N–H and O–H groups in total. The van der Waals surface area contributed by atoms with Crippen LogP contribution in [0.1, 0.15) is 10.4 Å². The molecule has 7 rings (SSSR count). The molecule has 10 nitrogen and oxygen atoms in total. The van der Waals surface area contributed by atoms with Crippen molar-refractivity contribution >= 4 is 33.8 Å². The van der Waals surface area contributed by atoms with Crippen molar-refractivity contribution in [3.05, 3.63) is 103 Å². The Morgan fingerprint density at radius 1 is 0.795 bits per heavy atom. The molecular formula is C29H19N9O. The summed E-state index contributed by atoms with van der Waals surface area (Å²) in [6, 6.07) is 22.3. The molecule has 0 aliphatic heterocycles. The first kappa shape index (κ1) is 22.4. The Labute approximate surface area is 221 Å². The van der Waals surface area contributed by atoms with Crippen molar-refractivity contribution in [1.82, 2.24) is 40.1 Å². The van der Waals surface area contributed by atoms with Gasteiger partial charge in [-0.15, -0.1) is 0 Å². The summed E-state index contributed by atoms with van der Waals surface area (Å²) in [5, 5.41) is 10.4. The van der Waals surface area contributed by atoms with E-state index < -0.39 is 0 Å². The number of amides is 1. The highest BCUT2D eigenvalue weighted by Crippen LogP contribution is 2.30. The van der Waals surface area contributed by atoms with Gasteiger partial charge in [-0.1, -0.05) is 24.3 Å². The lowest BCUT2D eigenvalue weighted by Crippen LogP contribution is -2.11. The SMILES string of the molecule is O=C(Nc1cncc(-c2ccc3[nH]nc(-c4nc5c(-c6ccccn6)ccnc5[nH]4)c3n2)c1)c1ccccc1. The number of imidazole rings is 1. The number of aromatic nitrogens is 8. The minimum atomic E-state index is -0.210. The number of H-pyrrole nitrogens is 2. The Morgan fingerprint density at radius 2 is 1.69 bits per heavy atom. The summed E-state index contributed by atoms with van der Waals surface area (Å²) >= 11 is 0. The fraction of sp³-hybridized carbons (Fsp3) is 0. The molecule has 186 valence electrons. The van der Waals surface area contributed by atoms with Gasteiger partial charge in [-0.2, -0.15) is 5.10 Å². The fourth-order valence-electron chi connectivity index (χ4n) is 4.42. The second-order valence-electron chi connectivity index (χ2n) is 8.80. The molecule has 1 amide bonds. The van der Waals surface area contributed by atoms with Crippen LogP contribution in [0.25, 0.3) is 56.2 Å². The Hall–Kier alpha value is -5.77. The molecule has 39 heavy (non-hydrogen) atoms. The summed E-state index contributed by atoms with van der Waals surface area (Å²) < 4.78 is 0. The molecule has 0 bridgehead atoms. The van der Waals surface area contributed by atoms with Crippen LogP contribution in [0, 0.1) is 0 Å². The quantitative estimate of drug-likeness (QED) is 0.287. The van der Waals surface area contributed by atoms with Crippen molar-refractivity contribution in [2.75, 3.05) is 5.32 Å². The van der Waals surface area contributed by atoms with Gasteiger partial charge in [-0.05, 0) is 48.5 Å². The van der Waals surface area contributed by atoms with Crippen LogP contribution < -0.4 is 5.32 Å². The molecular weight excluding hydrogens is 490 g/mol. The van der Waals surface area contributed by atoms with Crippen molar-refractivity contribution in [2.24, 2.45) is 0 Å². The topological polar surface area (TPSA) is 138 Å². The first-order chi connectivity index (χ1) is 19.2. The van der Waals surface area contributed by atoms with Gasteiger partial charge in [0, 0.05) is 35.3 Å². The zero-order valence-corrected chi connectivity index (χ0v) is 20.3. The predicted octanol–water partition coefficient (Wildman–Crippen LogP) is 5.27. The Bertz CT molecular complexity index is 1960. The summed E-state index contributed by atoms with van der Waals surface area (Å²) in [6.45, 7) is 0. The third kappa shape index (κ3) is 4.15. The minimum absolute atomic E-state index is 0.210. The zero-order valence-electron chi connectivity index (χ0n) is 20.3. The number of rotatable bonds is 5. The van der Waals surface area contributed by atoms with E-state index in [1.54, 1.807) is 36.9 Å².